The zero-order valence-corrected chi connectivity index (χ0v) is 15.3. The molecule has 146 valence electrons. The van der Waals surface area contributed by atoms with E-state index in [1.165, 1.54) is 23.7 Å². The van der Waals surface area contributed by atoms with E-state index < -0.39 is 11.2 Å². The average Bonchev–Trinajstić information content (AvgIpc) is 3.08. The summed E-state index contributed by atoms with van der Waals surface area (Å²) in [5.41, 5.74) is 3.60. The van der Waals surface area contributed by atoms with Crippen molar-refractivity contribution in [3.05, 3.63) is 86.6 Å². The number of aromatic amines is 1. The van der Waals surface area contributed by atoms with Crippen LogP contribution in [0.15, 0.2) is 63.5 Å². The van der Waals surface area contributed by atoms with E-state index in [9.17, 15) is 14.0 Å². The van der Waals surface area contributed by atoms with Crippen LogP contribution in [-0.4, -0.2) is 30.3 Å². The molecular formula is C19H16FN7O2. The third kappa shape index (κ3) is 3.68. The van der Waals surface area contributed by atoms with Crippen molar-refractivity contribution in [2.45, 2.75) is 6.54 Å². The Balaban J connectivity index is 1.79. The van der Waals surface area contributed by atoms with Gasteiger partial charge in [-0.25, -0.2) is 14.6 Å². The normalized spacial score (nSPS) is 11.4. The summed E-state index contributed by atoms with van der Waals surface area (Å²) < 4.78 is 16.1. The lowest BCUT2D eigenvalue weighted by Crippen LogP contribution is -2.29. The Morgan fingerprint density at radius 3 is 2.76 bits per heavy atom. The quantitative estimate of drug-likeness (QED) is 0.394. The lowest BCUT2D eigenvalue weighted by molar-refractivity contribution is 0.626. The highest BCUT2D eigenvalue weighted by Gasteiger charge is 2.17. The van der Waals surface area contributed by atoms with Crippen LogP contribution in [0, 0.1) is 5.82 Å². The number of benzene rings is 1. The SMILES string of the molecule is Cn1c(=O)[nH]c(=O)c2c1nc(N/N=C/c1cccnc1)n2Cc1ccc(F)cc1. The minimum absolute atomic E-state index is 0.204. The molecule has 0 aliphatic carbocycles. The molecule has 0 aliphatic rings. The van der Waals surface area contributed by atoms with E-state index in [0.29, 0.717) is 0 Å². The van der Waals surface area contributed by atoms with E-state index in [1.807, 2.05) is 6.07 Å². The Bertz CT molecular complexity index is 1300. The second-order valence-electron chi connectivity index (χ2n) is 6.29. The van der Waals surface area contributed by atoms with Crippen LogP contribution in [-0.2, 0) is 13.6 Å². The van der Waals surface area contributed by atoms with Gasteiger partial charge < -0.3 is 0 Å². The summed E-state index contributed by atoms with van der Waals surface area (Å²) in [6, 6.07) is 9.50. The van der Waals surface area contributed by atoms with Gasteiger partial charge in [0.1, 0.15) is 5.82 Å². The van der Waals surface area contributed by atoms with Crippen molar-refractivity contribution in [1.82, 2.24) is 24.1 Å². The van der Waals surface area contributed by atoms with E-state index >= 15 is 0 Å². The number of hydrogen-bond acceptors (Lipinski definition) is 6. The number of pyridine rings is 1. The predicted octanol–water partition coefficient (Wildman–Crippen LogP) is 1.45. The fourth-order valence-electron chi connectivity index (χ4n) is 2.86. The number of H-pyrrole nitrogens is 1. The summed E-state index contributed by atoms with van der Waals surface area (Å²) >= 11 is 0. The first-order valence-electron chi connectivity index (χ1n) is 8.66. The third-order valence-electron chi connectivity index (χ3n) is 4.32. The molecule has 29 heavy (non-hydrogen) atoms. The highest BCUT2D eigenvalue weighted by molar-refractivity contribution is 5.80. The van der Waals surface area contributed by atoms with E-state index in [2.05, 4.69) is 25.5 Å². The lowest BCUT2D eigenvalue weighted by atomic mass is 10.2. The van der Waals surface area contributed by atoms with Crippen LogP contribution < -0.4 is 16.7 Å². The molecule has 0 bridgehead atoms. The molecule has 9 nitrogen and oxygen atoms in total. The van der Waals surface area contributed by atoms with E-state index in [-0.39, 0.29) is 29.5 Å². The molecule has 2 N–H and O–H groups in total. The molecule has 4 rings (SSSR count). The zero-order valence-electron chi connectivity index (χ0n) is 15.3. The molecule has 0 unspecified atom stereocenters. The molecular weight excluding hydrogens is 377 g/mol. The Labute approximate surface area is 163 Å². The van der Waals surface area contributed by atoms with Crippen molar-refractivity contribution in [2.75, 3.05) is 5.43 Å². The number of fused-ring (bicyclic) bond motifs is 1. The molecule has 0 radical (unpaired) electrons. The topological polar surface area (TPSA) is 110 Å². The first-order valence-corrected chi connectivity index (χ1v) is 8.66. The predicted molar refractivity (Wildman–Crippen MR) is 107 cm³/mol. The monoisotopic (exact) mass is 393 g/mol. The van der Waals surface area contributed by atoms with Crippen LogP contribution >= 0.6 is 0 Å². The molecule has 4 aromatic rings. The van der Waals surface area contributed by atoms with Gasteiger partial charge in [0.25, 0.3) is 5.56 Å². The summed E-state index contributed by atoms with van der Waals surface area (Å²) in [5.74, 6) is -0.0972. The first-order chi connectivity index (χ1) is 14.0. The maximum Gasteiger partial charge on any atom is 0.329 e. The van der Waals surface area contributed by atoms with Crippen molar-refractivity contribution in [2.24, 2.45) is 12.1 Å². The van der Waals surface area contributed by atoms with Crippen LogP contribution in [0.2, 0.25) is 0 Å². The number of nitrogens with zero attached hydrogens (tertiary/aromatic N) is 5. The van der Waals surface area contributed by atoms with Gasteiger partial charge in [0.15, 0.2) is 11.2 Å². The van der Waals surface area contributed by atoms with E-state index in [0.717, 1.165) is 11.1 Å². The molecule has 0 saturated heterocycles. The number of nitrogens with one attached hydrogen (secondary N) is 2. The number of aryl methyl sites for hydroxylation is 1. The van der Waals surface area contributed by atoms with Gasteiger partial charge in [-0.3, -0.25) is 23.9 Å². The molecule has 0 amide bonds. The first kappa shape index (κ1) is 18.3. The molecule has 3 aromatic heterocycles. The Hall–Kier alpha value is -4.08. The highest BCUT2D eigenvalue weighted by Crippen LogP contribution is 2.18. The standard InChI is InChI=1S/C19H16FN7O2/c1-26-16-15(17(28)24-19(26)29)27(11-12-4-6-14(20)7-5-12)18(23-16)25-22-10-13-3-2-8-21-9-13/h2-10H,11H2,1H3,(H,23,25)(H,24,28,29)/b22-10+. The fourth-order valence-corrected chi connectivity index (χ4v) is 2.86. The van der Waals surface area contributed by atoms with Gasteiger partial charge in [0, 0.05) is 25.0 Å². The number of imidazole rings is 1. The highest BCUT2D eigenvalue weighted by atomic mass is 19.1. The number of hydrazone groups is 1. The van der Waals surface area contributed by atoms with Gasteiger partial charge in [0.05, 0.1) is 12.8 Å². The van der Waals surface area contributed by atoms with Crippen molar-refractivity contribution in [3.63, 3.8) is 0 Å². The van der Waals surface area contributed by atoms with Crippen LogP contribution in [0.4, 0.5) is 10.3 Å². The number of anilines is 1. The minimum atomic E-state index is -0.570. The second kappa shape index (κ2) is 7.50. The molecule has 1 aromatic carbocycles. The number of aromatic nitrogens is 5. The van der Waals surface area contributed by atoms with Crippen LogP contribution in [0.5, 0.6) is 0 Å². The molecule has 3 heterocycles. The summed E-state index contributed by atoms with van der Waals surface area (Å²) in [4.78, 5) is 35.0. The summed E-state index contributed by atoms with van der Waals surface area (Å²) in [6.07, 6.45) is 4.85. The molecule has 0 aliphatic heterocycles. The summed E-state index contributed by atoms with van der Waals surface area (Å²) in [7, 11) is 1.51. The van der Waals surface area contributed by atoms with E-state index in [1.54, 1.807) is 41.4 Å². The average molecular weight is 393 g/mol. The van der Waals surface area contributed by atoms with Crippen LogP contribution in [0.3, 0.4) is 0 Å². The van der Waals surface area contributed by atoms with Crippen molar-refractivity contribution in [3.8, 4) is 0 Å². The summed E-state index contributed by atoms with van der Waals surface area (Å²) in [6.45, 7) is 0.225. The maximum absolute atomic E-state index is 13.2. The lowest BCUT2D eigenvalue weighted by Gasteiger charge is -2.08. The largest absolute Gasteiger partial charge is 0.329 e. The molecule has 0 atom stereocenters. The Morgan fingerprint density at radius 1 is 1.24 bits per heavy atom. The number of rotatable bonds is 5. The summed E-state index contributed by atoms with van der Waals surface area (Å²) in [5, 5.41) is 4.15. The minimum Gasteiger partial charge on any atom is -0.298 e. The van der Waals surface area contributed by atoms with Gasteiger partial charge in [-0.15, -0.1) is 0 Å². The van der Waals surface area contributed by atoms with Crippen LogP contribution in [0.25, 0.3) is 11.2 Å². The van der Waals surface area contributed by atoms with Gasteiger partial charge in [-0.05, 0) is 23.8 Å². The molecule has 0 fully saturated rings. The second-order valence-corrected chi connectivity index (χ2v) is 6.29. The molecule has 10 heteroatoms. The van der Waals surface area contributed by atoms with E-state index in [4.69, 9.17) is 0 Å². The van der Waals surface area contributed by atoms with Crippen molar-refractivity contribution >= 4 is 23.3 Å². The number of halogens is 1. The van der Waals surface area contributed by atoms with Gasteiger partial charge in [-0.2, -0.15) is 10.1 Å². The molecule has 0 spiro atoms. The molecule has 0 saturated carbocycles. The number of hydrogen-bond donors (Lipinski definition) is 2. The zero-order chi connectivity index (χ0) is 20.4. The fraction of sp³-hybridized carbons (Fsp3) is 0.105. The van der Waals surface area contributed by atoms with Crippen LogP contribution in [0.1, 0.15) is 11.1 Å². The maximum atomic E-state index is 13.2. The smallest absolute Gasteiger partial charge is 0.298 e. The third-order valence-corrected chi connectivity index (χ3v) is 4.32. The van der Waals surface area contributed by atoms with Crippen molar-refractivity contribution in [1.29, 1.82) is 0 Å². The Morgan fingerprint density at radius 2 is 2.03 bits per heavy atom. The van der Waals surface area contributed by atoms with Gasteiger partial charge in [0.2, 0.25) is 5.95 Å². The van der Waals surface area contributed by atoms with Gasteiger partial charge >= 0.3 is 5.69 Å². The van der Waals surface area contributed by atoms with Gasteiger partial charge in [-0.1, -0.05) is 18.2 Å². The Kier molecular flexibility index (Phi) is 4.73. The van der Waals surface area contributed by atoms with Crippen molar-refractivity contribution < 1.29 is 4.39 Å².